The second-order valence-electron chi connectivity index (χ2n) is 0.346. The zero-order chi connectivity index (χ0) is 3.58. The van der Waals surface area contributed by atoms with Crippen molar-refractivity contribution in [2.75, 3.05) is 0 Å². The summed E-state index contributed by atoms with van der Waals surface area (Å²) in [5.41, 5.74) is 0. The van der Waals surface area contributed by atoms with Crippen LogP contribution in [0.3, 0.4) is 0 Å². The molecule has 0 aromatic rings. The summed E-state index contributed by atoms with van der Waals surface area (Å²) in [6.45, 7) is 0. The van der Waals surface area contributed by atoms with E-state index in [1.807, 2.05) is 0 Å². The van der Waals surface area contributed by atoms with Gasteiger partial charge in [0, 0.05) is 0 Å². The Balaban J connectivity index is -0.0000000450. The van der Waals surface area contributed by atoms with E-state index in [9.17, 15) is 0 Å². The van der Waals surface area contributed by atoms with E-state index in [4.69, 9.17) is 15.1 Å². The van der Waals surface area contributed by atoms with Crippen LogP contribution in [0, 0.1) is 0 Å². The molecule has 6 heavy (non-hydrogen) atoms. The van der Waals surface area contributed by atoms with Gasteiger partial charge in [0.1, 0.15) is 0 Å². The average molecular weight is 291 g/mol. The van der Waals surface area contributed by atoms with Crippen molar-refractivity contribution in [3.63, 3.8) is 0 Å². The normalized spacial score (nSPS) is 4.50. The van der Waals surface area contributed by atoms with E-state index >= 15 is 0 Å². The predicted molar refractivity (Wildman–Crippen MR) is 29.5 cm³/mol. The standard InChI is InChI=1S/BH3O3.Ba.Sr.4H/c2-1(3)4;;;;;;/h2-4H;;;;;;. The second-order valence-corrected chi connectivity index (χ2v) is 0.346. The SMILES string of the molecule is OB(O)O.[BaH2].[SrH2]. The molecule has 0 heterocycles. The molecule has 6 heteroatoms. The van der Waals surface area contributed by atoms with Gasteiger partial charge in [-0.1, -0.05) is 0 Å². The molecule has 0 amide bonds. The van der Waals surface area contributed by atoms with Gasteiger partial charge in [0.15, 0.2) is 0 Å². The van der Waals surface area contributed by atoms with E-state index in [-0.39, 0.29) is 94.4 Å². The summed E-state index contributed by atoms with van der Waals surface area (Å²) in [6, 6.07) is 0. The van der Waals surface area contributed by atoms with Crippen molar-refractivity contribution in [1.82, 2.24) is 0 Å². The Labute approximate surface area is 114 Å². The van der Waals surface area contributed by atoms with E-state index < -0.39 is 7.32 Å². The van der Waals surface area contributed by atoms with Crippen molar-refractivity contribution in [1.29, 1.82) is 0 Å². The zero-order valence-electron chi connectivity index (χ0n) is 1.92. The Bertz CT molecular complexity index is 15.5. The first kappa shape index (κ1) is 16.0. The Morgan fingerprint density at radius 1 is 1.00 bits per heavy atom. The fourth-order valence-corrected chi connectivity index (χ4v) is 0. The van der Waals surface area contributed by atoms with Crippen molar-refractivity contribution in [3.8, 4) is 0 Å². The van der Waals surface area contributed by atoms with Gasteiger partial charge in [-0.05, 0) is 0 Å². The first-order valence-electron chi connectivity index (χ1n) is 0.775. The summed E-state index contributed by atoms with van der Waals surface area (Å²) in [7, 11) is -2.17. The number of rotatable bonds is 0. The molecule has 0 saturated carbocycles. The van der Waals surface area contributed by atoms with Gasteiger partial charge in [-0.3, -0.25) is 0 Å². The molecular formula is H7BBaO3Sr. The van der Waals surface area contributed by atoms with E-state index in [0.29, 0.717) is 0 Å². The molecule has 0 aliphatic heterocycles. The summed E-state index contributed by atoms with van der Waals surface area (Å²) in [4.78, 5) is 0. The van der Waals surface area contributed by atoms with Crippen LogP contribution in [0.4, 0.5) is 0 Å². The maximum absolute atomic E-state index is 7.17. The molecule has 3 nitrogen and oxygen atoms in total. The Kier molecular flexibility index (Phi) is 29.0. The first-order chi connectivity index (χ1) is 1.73. The second kappa shape index (κ2) is 10.9. The van der Waals surface area contributed by atoms with Crippen molar-refractivity contribution >= 4 is 102 Å². The van der Waals surface area contributed by atoms with Gasteiger partial charge in [-0.15, -0.1) is 0 Å². The fraction of sp³-hybridized carbons (Fsp3) is 0. The molecule has 0 aliphatic rings. The third-order valence-electron chi connectivity index (χ3n) is 0. The van der Waals surface area contributed by atoms with Gasteiger partial charge >= 0.3 is 102 Å². The zero-order valence-corrected chi connectivity index (χ0v) is 1.92. The van der Waals surface area contributed by atoms with Crippen LogP contribution in [0.1, 0.15) is 0 Å². The quantitative estimate of drug-likeness (QED) is 0.400. The first-order valence-corrected chi connectivity index (χ1v) is 0.775. The molecule has 0 aromatic heterocycles. The summed E-state index contributed by atoms with van der Waals surface area (Å²) < 4.78 is 0. The molecule has 0 fully saturated rings. The summed E-state index contributed by atoms with van der Waals surface area (Å²) in [5, 5.41) is 21.5. The molecule has 0 saturated heterocycles. The van der Waals surface area contributed by atoms with E-state index in [2.05, 4.69) is 0 Å². The minimum atomic E-state index is -2.17. The van der Waals surface area contributed by atoms with Crippen LogP contribution in [0.15, 0.2) is 0 Å². The van der Waals surface area contributed by atoms with Crippen molar-refractivity contribution in [3.05, 3.63) is 0 Å². The Hall–Kier alpha value is 3.00. The molecule has 0 aliphatic carbocycles. The van der Waals surface area contributed by atoms with Crippen molar-refractivity contribution < 1.29 is 15.1 Å². The average Bonchev–Trinajstić information content (AvgIpc) is 0.811. The van der Waals surface area contributed by atoms with E-state index in [1.165, 1.54) is 0 Å². The van der Waals surface area contributed by atoms with Crippen molar-refractivity contribution in [2.24, 2.45) is 0 Å². The van der Waals surface area contributed by atoms with Crippen LogP contribution >= 0.6 is 0 Å². The summed E-state index contributed by atoms with van der Waals surface area (Å²) in [6.07, 6.45) is 0. The van der Waals surface area contributed by atoms with Gasteiger partial charge < -0.3 is 15.1 Å². The van der Waals surface area contributed by atoms with Gasteiger partial charge in [-0.25, -0.2) is 0 Å². The van der Waals surface area contributed by atoms with Gasteiger partial charge in [0.25, 0.3) is 0 Å². The molecule has 0 rings (SSSR count). The van der Waals surface area contributed by atoms with Crippen molar-refractivity contribution in [2.45, 2.75) is 0 Å². The predicted octanol–water partition coefficient (Wildman–Crippen LogP) is -3.88. The third kappa shape index (κ3) is 28.0. The van der Waals surface area contributed by atoms with Gasteiger partial charge in [-0.2, -0.15) is 0 Å². The van der Waals surface area contributed by atoms with E-state index in [0.717, 1.165) is 0 Å². The van der Waals surface area contributed by atoms with Crippen LogP contribution in [0.5, 0.6) is 0 Å². The van der Waals surface area contributed by atoms with Crippen LogP contribution in [-0.4, -0.2) is 117 Å². The molecule has 0 bridgehead atoms. The summed E-state index contributed by atoms with van der Waals surface area (Å²) >= 11 is 0. The third-order valence-corrected chi connectivity index (χ3v) is 0. The van der Waals surface area contributed by atoms with Crippen LogP contribution in [0.2, 0.25) is 0 Å². The fourth-order valence-electron chi connectivity index (χ4n) is 0. The maximum atomic E-state index is 7.17. The monoisotopic (exact) mass is 292 g/mol. The molecule has 0 aromatic carbocycles. The molecule has 0 radical (unpaired) electrons. The molecule has 32 valence electrons. The Morgan fingerprint density at radius 3 is 1.00 bits per heavy atom. The van der Waals surface area contributed by atoms with Crippen LogP contribution < -0.4 is 0 Å². The van der Waals surface area contributed by atoms with Crippen LogP contribution in [-0.2, 0) is 0 Å². The van der Waals surface area contributed by atoms with E-state index in [1.54, 1.807) is 0 Å². The minimum absolute atomic E-state index is 0. The van der Waals surface area contributed by atoms with Gasteiger partial charge in [0.05, 0.1) is 0 Å². The molecule has 0 atom stereocenters. The number of hydrogen-bond donors (Lipinski definition) is 3. The van der Waals surface area contributed by atoms with Gasteiger partial charge in [0.2, 0.25) is 0 Å². The molecule has 0 spiro atoms. The summed E-state index contributed by atoms with van der Waals surface area (Å²) in [5.74, 6) is 0. The number of hydrogen-bond acceptors (Lipinski definition) is 3. The molecule has 3 N–H and O–H groups in total. The Morgan fingerprint density at radius 2 is 1.00 bits per heavy atom. The molecular weight excluding hydrogens is 284 g/mol. The molecule has 0 unspecified atom stereocenters. The van der Waals surface area contributed by atoms with Crippen LogP contribution in [0.25, 0.3) is 0 Å². The topological polar surface area (TPSA) is 60.7 Å².